The molecule has 0 aliphatic heterocycles. The molecule has 0 saturated heterocycles. The van der Waals surface area contributed by atoms with Gasteiger partial charge in [0.25, 0.3) is 0 Å². The van der Waals surface area contributed by atoms with E-state index in [1.54, 1.807) is 0 Å². The molecule has 56 heavy (non-hydrogen) atoms. The summed E-state index contributed by atoms with van der Waals surface area (Å²) < 4.78 is 0. The van der Waals surface area contributed by atoms with Gasteiger partial charge in [-0.15, -0.1) is 0 Å². The van der Waals surface area contributed by atoms with Crippen molar-refractivity contribution in [2.75, 3.05) is 9.80 Å². The maximum Gasteiger partial charge on any atom is 0.0801 e. The van der Waals surface area contributed by atoms with E-state index >= 15 is 0 Å². The fraction of sp³-hybridized carbons (Fsp3) is 0. The second kappa shape index (κ2) is 14.3. The number of aromatic nitrogens is 2. The Kier molecular flexibility index (Phi) is 8.47. The van der Waals surface area contributed by atoms with Crippen LogP contribution in [0, 0.1) is 0 Å². The van der Waals surface area contributed by atoms with Crippen LogP contribution >= 0.6 is 0 Å². The largest absolute Gasteiger partial charge is 0.310 e. The van der Waals surface area contributed by atoms with Crippen molar-refractivity contribution in [1.29, 1.82) is 0 Å². The van der Waals surface area contributed by atoms with Crippen molar-refractivity contribution in [2.24, 2.45) is 0 Å². The van der Waals surface area contributed by atoms with Crippen molar-refractivity contribution >= 4 is 89.6 Å². The van der Waals surface area contributed by atoms with Gasteiger partial charge in [0.05, 0.1) is 22.4 Å². The first-order valence-corrected chi connectivity index (χ1v) is 18.9. The highest BCUT2D eigenvalue weighted by atomic mass is 15.1. The van der Waals surface area contributed by atoms with E-state index in [1.807, 2.05) is 24.5 Å². The third-order valence-electron chi connectivity index (χ3n) is 10.4. The summed E-state index contributed by atoms with van der Waals surface area (Å²) in [5, 5.41) is 6.71. The first-order valence-electron chi connectivity index (χ1n) is 18.9. The van der Waals surface area contributed by atoms with E-state index < -0.39 is 0 Å². The zero-order valence-electron chi connectivity index (χ0n) is 30.6. The lowest BCUT2D eigenvalue weighted by Gasteiger charge is -2.27. The number of para-hydroxylation sites is 4. The molecule has 10 rings (SSSR count). The average Bonchev–Trinajstić information content (AvgIpc) is 3.27. The van der Waals surface area contributed by atoms with Crippen molar-refractivity contribution in [3.05, 3.63) is 218 Å². The van der Waals surface area contributed by atoms with Crippen LogP contribution in [0.1, 0.15) is 11.1 Å². The summed E-state index contributed by atoms with van der Waals surface area (Å²) in [6.45, 7) is 0. The number of benzene rings is 8. The van der Waals surface area contributed by atoms with Crippen LogP contribution < -0.4 is 9.80 Å². The van der Waals surface area contributed by atoms with E-state index in [0.717, 1.165) is 88.6 Å². The molecular weight excluding hydrogens is 681 g/mol. The lowest BCUT2D eigenvalue weighted by molar-refractivity contribution is 1.30. The molecule has 0 radical (unpaired) electrons. The number of rotatable bonds is 8. The highest BCUT2D eigenvalue weighted by molar-refractivity contribution is 6.14. The molecule has 0 fully saturated rings. The maximum absolute atomic E-state index is 4.96. The van der Waals surface area contributed by atoms with Crippen LogP contribution in [0.3, 0.4) is 0 Å². The van der Waals surface area contributed by atoms with Crippen molar-refractivity contribution in [3.8, 4) is 0 Å². The van der Waals surface area contributed by atoms with Gasteiger partial charge < -0.3 is 9.80 Å². The number of hydrogen-bond acceptors (Lipinski definition) is 4. The van der Waals surface area contributed by atoms with E-state index in [4.69, 9.17) is 9.97 Å². The summed E-state index contributed by atoms with van der Waals surface area (Å²) in [6.07, 6.45) is 8.17. The minimum atomic E-state index is 0.978. The fourth-order valence-electron chi connectivity index (χ4n) is 7.85. The molecule has 0 unspecified atom stereocenters. The Labute approximate surface area is 325 Å². The molecule has 4 heteroatoms. The first-order chi connectivity index (χ1) is 27.8. The summed E-state index contributed by atoms with van der Waals surface area (Å²) >= 11 is 0. The van der Waals surface area contributed by atoms with Crippen LogP contribution in [0.25, 0.3) is 55.5 Å². The van der Waals surface area contributed by atoms with Crippen molar-refractivity contribution in [2.45, 2.75) is 0 Å². The zero-order valence-corrected chi connectivity index (χ0v) is 30.6. The highest BCUT2D eigenvalue weighted by Crippen LogP contribution is 2.43. The highest BCUT2D eigenvalue weighted by Gasteiger charge is 2.19. The molecule has 8 aromatic carbocycles. The van der Waals surface area contributed by atoms with Gasteiger partial charge in [0, 0.05) is 56.7 Å². The molecule has 0 atom stereocenters. The zero-order chi connectivity index (χ0) is 37.3. The van der Waals surface area contributed by atoms with Crippen LogP contribution in [0.5, 0.6) is 0 Å². The van der Waals surface area contributed by atoms with E-state index in [0.29, 0.717) is 0 Å². The second-order valence-electron chi connectivity index (χ2n) is 13.9. The molecule has 2 heterocycles. The Morgan fingerprint density at radius 2 is 0.679 bits per heavy atom. The normalized spacial score (nSPS) is 11.5. The van der Waals surface area contributed by atoms with Gasteiger partial charge in [-0.1, -0.05) is 109 Å². The van der Waals surface area contributed by atoms with Gasteiger partial charge in [-0.3, -0.25) is 9.97 Å². The SMILES string of the molecule is C(=C\c1ccc2cc(N(c3ccccc3)c3ccccc3)c3cccnc3c2c1)/c1ccc2cc(N(c3ccccc3)c3ccccc3)c3cccnc3c2c1. The molecule has 4 nitrogen and oxygen atoms in total. The minimum Gasteiger partial charge on any atom is -0.310 e. The predicted molar refractivity (Wildman–Crippen MR) is 237 cm³/mol. The summed E-state index contributed by atoms with van der Waals surface area (Å²) in [4.78, 5) is 14.6. The van der Waals surface area contributed by atoms with E-state index in [-0.39, 0.29) is 0 Å². The lowest BCUT2D eigenvalue weighted by atomic mass is 9.99. The molecule has 264 valence electrons. The molecule has 0 aliphatic rings. The third-order valence-corrected chi connectivity index (χ3v) is 10.4. The standard InChI is InChI=1S/C52H36N4/c1-5-15-41(16-6-1)55(42-17-7-2-8-18-42)49-35-39-29-27-37(33-47(39)51-45(49)23-13-31-53-51)25-26-38-28-30-40-36-50(46-24-14-32-54-52(46)48(40)34-38)56(43-19-9-3-10-20-43)44-21-11-4-12-22-44/h1-36H/b26-25+. The quantitative estimate of drug-likeness (QED) is 0.116. The Bertz CT molecular complexity index is 2730. The molecule has 0 bridgehead atoms. The van der Waals surface area contributed by atoms with Gasteiger partial charge in [-0.2, -0.15) is 0 Å². The summed E-state index contributed by atoms with van der Waals surface area (Å²) in [6, 6.07) is 68.5. The average molecular weight is 717 g/mol. The first kappa shape index (κ1) is 33.0. The molecule has 10 aromatic rings. The maximum atomic E-state index is 4.96. The monoisotopic (exact) mass is 716 g/mol. The van der Waals surface area contributed by atoms with Crippen molar-refractivity contribution in [3.63, 3.8) is 0 Å². The van der Waals surface area contributed by atoms with E-state index in [1.165, 1.54) is 0 Å². The summed E-state index contributed by atoms with van der Waals surface area (Å²) in [7, 11) is 0. The van der Waals surface area contributed by atoms with Gasteiger partial charge in [0.15, 0.2) is 0 Å². The fourth-order valence-corrected chi connectivity index (χ4v) is 7.85. The molecule has 0 aliphatic carbocycles. The van der Waals surface area contributed by atoms with Gasteiger partial charge >= 0.3 is 0 Å². The summed E-state index contributed by atoms with van der Waals surface area (Å²) in [5.74, 6) is 0. The third kappa shape index (κ3) is 6.09. The Balaban J connectivity index is 1.05. The smallest absolute Gasteiger partial charge is 0.0801 e. The number of anilines is 6. The Hall–Kier alpha value is -7.56. The van der Waals surface area contributed by atoms with Crippen molar-refractivity contribution < 1.29 is 0 Å². The van der Waals surface area contributed by atoms with E-state index in [9.17, 15) is 0 Å². The van der Waals surface area contributed by atoms with Gasteiger partial charge in [0.2, 0.25) is 0 Å². The second-order valence-corrected chi connectivity index (χ2v) is 13.9. The number of nitrogens with zero attached hydrogens (tertiary/aromatic N) is 4. The van der Waals surface area contributed by atoms with E-state index in [2.05, 4.69) is 204 Å². The number of hydrogen-bond donors (Lipinski definition) is 0. The number of pyridine rings is 2. The van der Waals surface area contributed by atoms with Crippen LogP contribution in [0.15, 0.2) is 207 Å². The van der Waals surface area contributed by atoms with Crippen molar-refractivity contribution in [1.82, 2.24) is 9.97 Å². The topological polar surface area (TPSA) is 32.3 Å². The van der Waals surface area contributed by atoms with Crippen LogP contribution in [-0.4, -0.2) is 9.97 Å². The summed E-state index contributed by atoms with van der Waals surface area (Å²) in [5.41, 5.74) is 10.8. The Morgan fingerprint density at radius 1 is 0.321 bits per heavy atom. The molecule has 0 N–H and O–H groups in total. The minimum absolute atomic E-state index is 0.978. The molecular formula is C52H36N4. The Morgan fingerprint density at radius 3 is 1.04 bits per heavy atom. The molecule has 0 amide bonds. The van der Waals surface area contributed by atoms with Gasteiger partial charge in [-0.05, 0) is 119 Å². The molecule has 0 saturated carbocycles. The predicted octanol–water partition coefficient (Wildman–Crippen LogP) is 14.2. The van der Waals surface area contributed by atoms with Crippen LogP contribution in [0.4, 0.5) is 34.1 Å². The van der Waals surface area contributed by atoms with Gasteiger partial charge in [-0.25, -0.2) is 0 Å². The van der Waals surface area contributed by atoms with Crippen LogP contribution in [-0.2, 0) is 0 Å². The lowest BCUT2D eigenvalue weighted by Crippen LogP contribution is -2.10. The van der Waals surface area contributed by atoms with Crippen LogP contribution in [0.2, 0.25) is 0 Å². The molecule has 2 aromatic heterocycles. The molecule has 0 spiro atoms. The number of fused-ring (bicyclic) bond motifs is 6. The van der Waals surface area contributed by atoms with Gasteiger partial charge in [0.1, 0.15) is 0 Å².